The molecule has 4 rings (SSSR count). The van der Waals surface area contributed by atoms with E-state index in [1.807, 2.05) is 30.3 Å². The van der Waals surface area contributed by atoms with Gasteiger partial charge in [-0.25, -0.2) is 4.79 Å². The molecule has 2 aromatic heterocycles. The van der Waals surface area contributed by atoms with Gasteiger partial charge >= 0.3 is 6.09 Å². The van der Waals surface area contributed by atoms with E-state index in [4.69, 9.17) is 4.74 Å². The van der Waals surface area contributed by atoms with Gasteiger partial charge < -0.3 is 14.7 Å². The number of nitrogens with one attached hydrogen (secondary N) is 1. The van der Waals surface area contributed by atoms with E-state index in [2.05, 4.69) is 25.6 Å². The SMILES string of the molecule is CN(C(=O)O)C1(COc2cncc(-c3ccc(-c4nn[nH]n4)cc3)c2)CC1. The van der Waals surface area contributed by atoms with E-state index in [1.165, 1.54) is 4.90 Å². The molecule has 1 saturated carbocycles. The van der Waals surface area contributed by atoms with Crippen LogP contribution in [0.2, 0.25) is 0 Å². The Labute approximate surface area is 155 Å². The molecule has 0 radical (unpaired) electrons. The molecule has 2 heterocycles. The van der Waals surface area contributed by atoms with Crippen molar-refractivity contribution < 1.29 is 14.6 Å². The van der Waals surface area contributed by atoms with Crippen LogP contribution in [-0.2, 0) is 0 Å². The quantitative estimate of drug-likeness (QED) is 0.688. The summed E-state index contributed by atoms with van der Waals surface area (Å²) in [7, 11) is 1.58. The highest BCUT2D eigenvalue weighted by molar-refractivity contribution is 5.68. The molecule has 0 bridgehead atoms. The summed E-state index contributed by atoms with van der Waals surface area (Å²) in [6.45, 7) is 0.317. The van der Waals surface area contributed by atoms with Crippen molar-refractivity contribution in [1.29, 1.82) is 0 Å². The van der Waals surface area contributed by atoms with Crippen molar-refractivity contribution in [3.05, 3.63) is 42.7 Å². The average Bonchev–Trinajstić information content (AvgIpc) is 3.29. The maximum Gasteiger partial charge on any atom is 0.407 e. The topological polar surface area (TPSA) is 117 Å². The van der Waals surface area contributed by atoms with Crippen molar-refractivity contribution in [2.75, 3.05) is 13.7 Å². The van der Waals surface area contributed by atoms with Crippen molar-refractivity contribution in [2.24, 2.45) is 0 Å². The monoisotopic (exact) mass is 366 g/mol. The molecule has 3 aromatic rings. The number of hydrogen-bond donors (Lipinski definition) is 2. The second-order valence-electron chi connectivity index (χ2n) is 6.58. The minimum atomic E-state index is -0.940. The molecule has 1 aliphatic carbocycles. The normalized spacial score (nSPS) is 14.6. The number of benzene rings is 1. The number of H-pyrrole nitrogens is 1. The first kappa shape index (κ1) is 17.0. The van der Waals surface area contributed by atoms with Crippen molar-refractivity contribution in [1.82, 2.24) is 30.5 Å². The number of nitrogens with zero attached hydrogens (tertiary/aromatic N) is 5. The zero-order valence-electron chi connectivity index (χ0n) is 14.7. The smallest absolute Gasteiger partial charge is 0.407 e. The molecule has 1 fully saturated rings. The second-order valence-corrected chi connectivity index (χ2v) is 6.58. The number of aromatic amines is 1. The summed E-state index contributed by atoms with van der Waals surface area (Å²) in [5.41, 5.74) is 2.32. The largest absolute Gasteiger partial charge is 0.490 e. The highest BCUT2D eigenvalue weighted by atomic mass is 16.5. The van der Waals surface area contributed by atoms with Gasteiger partial charge in [-0.3, -0.25) is 4.98 Å². The third-order valence-corrected chi connectivity index (χ3v) is 4.87. The molecule has 1 amide bonds. The van der Waals surface area contributed by atoms with E-state index in [9.17, 15) is 9.90 Å². The minimum absolute atomic E-state index is 0.317. The summed E-state index contributed by atoms with van der Waals surface area (Å²) >= 11 is 0. The number of likely N-dealkylation sites (N-methyl/N-ethyl adjacent to an activating group) is 1. The van der Waals surface area contributed by atoms with E-state index in [0.29, 0.717) is 18.2 Å². The molecular formula is C18H18N6O3. The van der Waals surface area contributed by atoms with Gasteiger partial charge in [0.25, 0.3) is 0 Å². The van der Waals surface area contributed by atoms with Crippen LogP contribution in [0.25, 0.3) is 22.5 Å². The van der Waals surface area contributed by atoms with Crippen LogP contribution in [0.3, 0.4) is 0 Å². The van der Waals surface area contributed by atoms with Gasteiger partial charge in [-0.2, -0.15) is 5.21 Å². The fourth-order valence-corrected chi connectivity index (χ4v) is 2.89. The summed E-state index contributed by atoms with van der Waals surface area (Å²) in [5, 5.41) is 23.1. The predicted molar refractivity (Wildman–Crippen MR) is 96.1 cm³/mol. The molecule has 0 atom stereocenters. The molecule has 1 aliphatic rings. The van der Waals surface area contributed by atoms with Gasteiger partial charge in [0.1, 0.15) is 12.4 Å². The van der Waals surface area contributed by atoms with Crippen LogP contribution in [0.1, 0.15) is 12.8 Å². The number of ether oxygens (including phenoxy) is 1. The summed E-state index contributed by atoms with van der Waals surface area (Å²) in [6, 6.07) is 9.62. The Bertz CT molecular complexity index is 938. The van der Waals surface area contributed by atoms with E-state index in [0.717, 1.165) is 29.5 Å². The Hall–Kier alpha value is -3.49. The highest BCUT2D eigenvalue weighted by Crippen LogP contribution is 2.41. The van der Waals surface area contributed by atoms with E-state index in [-0.39, 0.29) is 0 Å². The maximum atomic E-state index is 11.2. The van der Waals surface area contributed by atoms with Gasteiger partial charge in [0.15, 0.2) is 0 Å². The Morgan fingerprint density at radius 1 is 1.22 bits per heavy atom. The van der Waals surface area contributed by atoms with Gasteiger partial charge in [0.05, 0.1) is 11.7 Å². The number of rotatable bonds is 6. The molecule has 0 unspecified atom stereocenters. The third kappa shape index (κ3) is 3.43. The summed E-state index contributed by atoms with van der Waals surface area (Å²) < 4.78 is 5.85. The first-order valence-corrected chi connectivity index (χ1v) is 8.46. The molecule has 0 spiro atoms. The number of pyridine rings is 1. The molecule has 0 aliphatic heterocycles. The van der Waals surface area contributed by atoms with Gasteiger partial charge in [0.2, 0.25) is 5.82 Å². The zero-order valence-corrected chi connectivity index (χ0v) is 14.7. The molecular weight excluding hydrogens is 348 g/mol. The summed E-state index contributed by atoms with van der Waals surface area (Å²) in [4.78, 5) is 16.8. The number of carboxylic acid groups (broad SMARTS) is 1. The number of amides is 1. The van der Waals surface area contributed by atoms with Gasteiger partial charge in [-0.15, -0.1) is 10.2 Å². The third-order valence-electron chi connectivity index (χ3n) is 4.87. The van der Waals surface area contributed by atoms with Crippen molar-refractivity contribution >= 4 is 6.09 Å². The molecule has 1 aromatic carbocycles. The number of aromatic nitrogens is 5. The molecule has 0 saturated heterocycles. The highest BCUT2D eigenvalue weighted by Gasteiger charge is 2.49. The standard InChI is InChI=1S/C18H18N6O3/c1-24(17(25)26)18(6-7-18)11-27-15-8-14(9-19-10-15)12-2-4-13(5-3-12)16-20-22-23-21-16/h2-5,8-10H,6-7,11H2,1H3,(H,25,26)(H,20,21,22,23). The van der Waals surface area contributed by atoms with Crippen molar-refractivity contribution in [3.63, 3.8) is 0 Å². The lowest BCUT2D eigenvalue weighted by molar-refractivity contribution is 0.109. The summed E-state index contributed by atoms with van der Waals surface area (Å²) in [6.07, 6.45) is 4.06. The fraction of sp³-hybridized carbons (Fsp3) is 0.278. The summed E-state index contributed by atoms with van der Waals surface area (Å²) in [5.74, 6) is 1.15. The van der Waals surface area contributed by atoms with Crippen LogP contribution in [-0.4, -0.2) is 60.9 Å². The molecule has 2 N–H and O–H groups in total. The Morgan fingerprint density at radius 2 is 1.96 bits per heavy atom. The van der Waals surface area contributed by atoms with Crippen LogP contribution < -0.4 is 4.74 Å². The lowest BCUT2D eigenvalue weighted by Crippen LogP contribution is -2.42. The van der Waals surface area contributed by atoms with Crippen molar-refractivity contribution in [3.8, 4) is 28.3 Å². The lowest BCUT2D eigenvalue weighted by Gasteiger charge is -2.25. The van der Waals surface area contributed by atoms with E-state index in [1.54, 1.807) is 19.4 Å². The Morgan fingerprint density at radius 3 is 2.59 bits per heavy atom. The van der Waals surface area contributed by atoms with Gasteiger partial charge in [0, 0.05) is 24.4 Å². The predicted octanol–water partition coefficient (Wildman–Crippen LogP) is 2.45. The number of carbonyl (C=O) groups is 1. The molecule has 27 heavy (non-hydrogen) atoms. The van der Waals surface area contributed by atoms with E-state index >= 15 is 0 Å². The van der Waals surface area contributed by atoms with Crippen LogP contribution in [0.4, 0.5) is 4.79 Å². The fourth-order valence-electron chi connectivity index (χ4n) is 2.89. The Balaban J connectivity index is 1.47. The lowest BCUT2D eigenvalue weighted by atomic mass is 10.1. The van der Waals surface area contributed by atoms with Crippen molar-refractivity contribution in [2.45, 2.75) is 18.4 Å². The first-order chi connectivity index (χ1) is 13.1. The number of hydrogen-bond acceptors (Lipinski definition) is 6. The van der Waals surface area contributed by atoms with Crippen LogP contribution >= 0.6 is 0 Å². The Kier molecular flexibility index (Phi) is 4.19. The van der Waals surface area contributed by atoms with E-state index < -0.39 is 11.6 Å². The first-order valence-electron chi connectivity index (χ1n) is 8.46. The average molecular weight is 366 g/mol. The minimum Gasteiger partial charge on any atom is -0.490 e. The number of tetrazole rings is 1. The maximum absolute atomic E-state index is 11.2. The molecule has 9 heteroatoms. The molecule has 9 nitrogen and oxygen atoms in total. The van der Waals surface area contributed by atoms with Crippen LogP contribution in [0.15, 0.2) is 42.7 Å². The van der Waals surface area contributed by atoms with Crippen LogP contribution in [0, 0.1) is 0 Å². The molecule has 138 valence electrons. The van der Waals surface area contributed by atoms with Crippen LogP contribution in [0.5, 0.6) is 5.75 Å². The zero-order chi connectivity index (χ0) is 18.9. The van der Waals surface area contributed by atoms with Gasteiger partial charge in [-0.1, -0.05) is 24.3 Å². The van der Waals surface area contributed by atoms with Gasteiger partial charge in [-0.05, 0) is 29.7 Å². The second kappa shape index (κ2) is 6.67.